The van der Waals surface area contributed by atoms with Crippen molar-refractivity contribution in [1.82, 2.24) is 4.90 Å². The molecule has 4 heteroatoms. The van der Waals surface area contributed by atoms with E-state index in [1.54, 1.807) is 0 Å². The van der Waals surface area contributed by atoms with Gasteiger partial charge in [0.15, 0.2) is 0 Å². The third-order valence-corrected chi connectivity index (χ3v) is 4.41. The molecule has 1 aliphatic heterocycles. The number of piperidine rings is 1. The molecule has 2 rings (SSSR count). The summed E-state index contributed by atoms with van der Waals surface area (Å²) in [5.74, 6) is 0.821. The Morgan fingerprint density at radius 1 is 1.32 bits per heavy atom. The van der Waals surface area contributed by atoms with Gasteiger partial charge in [-0.25, -0.2) is 0 Å². The summed E-state index contributed by atoms with van der Waals surface area (Å²) in [4.78, 5) is 4.73. The second-order valence-electron chi connectivity index (χ2n) is 5.64. The zero-order chi connectivity index (χ0) is 13.8. The second kappa shape index (κ2) is 6.73. The molecule has 0 bridgehead atoms. The molecule has 106 valence electrons. The number of anilines is 1. The molecule has 1 fully saturated rings. The van der Waals surface area contributed by atoms with Crippen molar-refractivity contribution in [3.05, 3.63) is 28.2 Å². The Balaban J connectivity index is 1.97. The SMILES string of the molecule is CN(C)CC1CCN(c2ccc(CO)cc2Br)CC1. The lowest BCUT2D eigenvalue weighted by Crippen LogP contribution is -2.37. The van der Waals surface area contributed by atoms with Crippen LogP contribution in [0.15, 0.2) is 22.7 Å². The van der Waals surface area contributed by atoms with Crippen LogP contribution in [-0.2, 0) is 6.61 Å². The van der Waals surface area contributed by atoms with Crippen LogP contribution in [0.4, 0.5) is 5.69 Å². The molecule has 0 aliphatic carbocycles. The van der Waals surface area contributed by atoms with Gasteiger partial charge < -0.3 is 14.9 Å². The van der Waals surface area contributed by atoms with Gasteiger partial charge in [-0.05, 0) is 66.5 Å². The highest BCUT2D eigenvalue weighted by Crippen LogP contribution is 2.31. The van der Waals surface area contributed by atoms with Crippen molar-refractivity contribution in [3.8, 4) is 0 Å². The van der Waals surface area contributed by atoms with Crippen molar-refractivity contribution in [3.63, 3.8) is 0 Å². The molecule has 0 radical (unpaired) electrons. The molecule has 1 aromatic rings. The Kier molecular flexibility index (Phi) is 5.25. The molecule has 1 N–H and O–H groups in total. The summed E-state index contributed by atoms with van der Waals surface area (Å²) < 4.78 is 1.09. The van der Waals surface area contributed by atoms with Crippen molar-refractivity contribution in [2.75, 3.05) is 38.6 Å². The van der Waals surface area contributed by atoms with Crippen LogP contribution in [0.5, 0.6) is 0 Å². The van der Waals surface area contributed by atoms with E-state index in [4.69, 9.17) is 5.11 Å². The molecule has 3 nitrogen and oxygen atoms in total. The fourth-order valence-electron chi connectivity index (χ4n) is 2.78. The molecule has 0 amide bonds. The number of aliphatic hydroxyl groups excluding tert-OH is 1. The van der Waals surface area contributed by atoms with E-state index in [2.05, 4.69) is 45.9 Å². The standard InChI is InChI=1S/C15H23BrN2O/c1-17(2)10-12-5-7-18(8-6-12)15-4-3-13(11-19)9-14(15)16/h3-4,9,12,19H,5-8,10-11H2,1-2H3. The van der Waals surface area contributed by atoms with Gasteiger partial charge in [0.25, 0.3) is 0 Å². The largest absolute Gasteiger partial charge is 0.392 e. The minimum atomic E-state index is 0.101. The molecule has 0 saturated carbocycles. The maximum atomic E-state index is 9.14. The van der Waals surface area contributed by atoms with Crippen LogP contribution >= 0.6 is 15.9 Å². The number of aliphatic hydroxyl groups is 1. The lowest BCUT2D eigenvalue weighted by molar-refractivity contribution is 0.281. The second-order valence-corrected chi connectivity index (χ2v) is 6.49. The smallest absolute Gasteiger partial charge is 0.0682 e. The Morgan fingerprint density at radius 2 is 2.00 bits per heavy atom. The topological polar surface area (TPSA) is 26.7 Å². The van der Waals surface area contributed by atoms with Crippen LogP contribution in [0.2, 0.25) is 0 Å². The van der Waals surface area contributed by atoms with Crippen LogP contribution in [0, 0.1) is 5.92 Å². The molecule has 0 unspecified atom stereocenters. The Hall–Kier alpha value is -0.580. The zero-order valence-corrected chi connectivity index (χ0v) is 13.4. The maximum Gasteiger partial charge on any atom is 0.0682 e. The highest BCUT2D eigenvalue weighted by Gasteiger charge is 2.21. The van der Waals surface area contributed by atoms with Crippen LogP contribution in [0.1, 0.15) is 18.4 Å². The van der Waals surface area contributed by atoms with E-state index >= 15 is 0 Å². The monoisotopic (exact) mass is 326 g/mol. The van der Waals surface area contributed by atoms with Crippen molar-refractivity contribution in [2.24, 2.45) is 5.92 Å². The first-order valence-electron chi connectivity index (χ1n) is 6.89. The normalized spacial score (nSPS) is 17.2. The van der Waals surface area contributed by atoms with E-state index in [1.165, 1.54) is 25.1 Å². The molecule has 1 heterocycles. The summed E-state index contributed by atoms with van der Waals surface area (Å²) in [7, 11) is 4.30. The summed E-state index contributed by atoms with van der Waals surface area (Å²) in [5.41, 5.74) is 2.21. The summed E-state index contributed by atoms with van der Waals surface area (Å²) >= 11 is 3.62. The Morgan fingerprint density at radius 3 is 2.53 bits per heavy atom. The van der Waals surface area contributed by atoms with E-state index in [1.807, 2.05) is 12.1 Å². The van der Waals surface area contributed by atoms with Gasteiger partial charge >= 0.3 is 0 Å². The summed E-state index contributed by atoms with van der Waals surface area (Å²) in [5, 5.41) is 9.14. The zero-order valence-electron chi connectivity index (χ0n) is 11.8. The van der Waals surface area contributed by atoms with Crippen LogP contribution in [0.3, 0.4) is 0 Å². The van der Waals surface area contributed by atoms with E-state index in [0.717, 1.165) is 29.0 Å². The number of hydrogen-bond acceptors (Lipinski definition) is 3. The number of hydrogen-bond donors (Lipinski definition) is 1. The molecule has 1 aromatic carbocycles. The van der Waals surface area contributed by atoms with Gasteiger partial charge in [-0.15, -0.1) is 0 Å². The van der Waals surface area contributed by atoms with Crippen LogP contribution in [0.25, 0.3) is 0 Å². The molecular weight excluding hydrogens is 304 g/mol. The molecule has 0 atom stereocenters. The third kappa shape index (κ3) is 3.94. The molecular formula is C15H23BrN2O. The first-order valence-corrected chi connectivity index (χ1v) is 7.68. The minimum absolute atomic E-state index is 0.101. The average molecular weight is 327 g/mol. The highest BCUT2D eigenvalue weighted by atomic mass is 79.9. The third-order valence-electron chi connectivity index (χ3n) is 3.77. The van der Waals surface area contributed by atoms with Gasteiger partial charge in [0.1, 0.15) is 0 Å². The lowest BCUT2D eigenvalue weighted by Gasteiger charge is -2.35. The van der Waals surface area contributed by atoms with Crippen LogP contribution < -0.4 is 4.90 Å². The van der Waals surface area contributed by atoms with Gasteiger partial charge in [0, 0.05) is 24.1 Å². The number of halogens is 1. The van der Waals surface area contributed by atoms with Crippen molar-refractivity contribution in [1.29, 1.82) is 0 Å². The number of nitrogens with zero attached hydrogens (tertiary/aromatic N) is 2. The summed E-state index contributed by atoms with van der Waals surface area (Å²) in [6.07, 6.45) is 2.51. The predicted molar refractivity (Wildman–Crippen MR) is 83.6 cm³/mol. The quantitative estimate of drug-likeness (QED) is 0.921. The highest BCUT2D eigenvalue weighted by molar-refractivity contribution is 9.10. The predicted octanol–water partition coefficient (Wildman–Crippen LogP) is 2.72. The maximum absolute atomic E-state index is 9.14. The molecule has 1 aliphatic rings. The fraction of sp³-hybridized carbons (Fsp3) is 0.600. The molecule has 1 saturated heterocycles. The van der Waals surface area contributed by atoms with E-state index < -0.39 is 0 Å². The van der Waals surface area contributed by atoms with Gasteiger partial charge in [0.2, 0.25) is 0 Å². The van der Waals surface area contributed by atoms with Gasteiger partial charge in [-0.1, -0.05) is 6.07 Å². The van der Waals surface area contributed by atoms with Gasteiger partial charge in [-0.3, -0.25) is 0 Å². The Labute approximate surface area is 124 Å². The first-order chi connectivity index (χ1) is 9.10. The van der Waals surface area contributed by atoms with Gasteiger partial charge in [0.05, 0.1) is 12.3 Å². The minimum Gasteiger partial charge on any atom is -0.392 e. The average Bonchev–Trinajstić information content (AvgIpc) is 2.39. The van der Waals surface area contributed by atoms with E-state index in [0.29, 0.717) is 0 Å². The molecule has 0 aromatic heterocycles. The summed E-state index contributed by atoms with van der Waals surface area (Å²) in [6, 6.07) is 6.13. The molecule has 0 spiro atoms. The summed E-state index contributed by atoms with van der Waals surface area (Å²) in [6.45, 7) is 3.54. The number of rotatable bonds is 4. The van der Waals surface area contributed by atoms with Crippen LogP contribution in [-0.4, -0.2) is 43.7 Å². The van der Waals surface area contributed by atoms with Gasteiger partial charge in [-0.2, -0.15) is 0 Å². The lowest BCUT2D eigenvalue weighted by atomic mass is 9.96. The first kappa shape index (κ1) is 14.8. The van der Waals surface area contributed by atoms with E-state index in [-0.39, 0.29) is 6.61 Å². The van der Waals surface area contributed by atoms with Crippen molar-refractivity contribution < 1.29 is 5.11 Å². The number of benzene rings is 1. The fourth-order valence-corrected chi connectivity index (χ4v) is 3.46. The Bertz CT molecular complexity index is 415. The van der Waals surface area contributed by atoms with Crippen molar-refractivity contribution >= 4 is 21.6 Å². The molecule has 19 heavy (non-hydrogen) atoms. The van der Waals surface area contributed by atoms with E-state index in [9.17, 15) is 0 Å². The van der Waals surface area contributed by atoms with Crippen molar-refractivity contribution in [2.45, 2.75) is 19.4 Å².